The molecule has 16 heavy (non-hydrogen) atoms. The highest BCUT2D eigenvalue weighted by Gasteiger charge is 2.06. The van der Waals surface area contributed by atoms with Crippen LogP contribution in [0.3, 0.4) is 0 Å². The van der Waals surface area contributed by atoms with Crippen molar-refractivity contribution in [2.45, 2.75) is 32.4 Å². The molecule has 0 amide bonds. The van der Waals surface area contributed by atoms with E-state index in [2.05, 4.69) is 12.2 Å². The van der Waals surface area contributed by atoms with Gasteiger partial charge in [-0.2, -0.15) is 0 Å². The van der Waals surface area contributed by atoms with Crippen LogP contribution in [0.4, 0.5) is 4.39 Å². The van der Waals surface area contributed by atoms with Gasteiger partial charge in [-0.3, -0.25) is 0 Å². The van der Waals surface area contributed by atoms with E-state index in [0.29, 0.717) is 18.5 Å². The smallest absolute Gasteiger partial charge is 0.142 e. The van der Waals surface area contributed by atoms with E-state index in [0.717, 1.165) is 18.4 Å². The molecular weight excluding hydrogens is 248 g/mol. The third kappa shape index (κ3) is 4.28. The number of hydrogen-bond acceptors (Lipinski definition) is 1. The number of rotatable bonds is 6. The minimum atomic E-state index is -0.366. The fourth-order valence-electron chi connectivity index (χ4n) is 1.45. The van der Waals surface area contributed by atoms with Crippen molar-refractivity contribution in [3.05, 3.63) is 34.6 Å². The Labute approximate surface area is 106 Å². The molecule has 0 spiro atoms. The molecule has 1 unspecified atom stereocenters. The number of nitrogens with one attached hydrogen (secondary N) is 1. The number of halogens is 3. The first-order chi connectivity index (χ1) is 7.65. The quantitative estimate of drug-likeness (QED) is 0.766. The van der Waals surface area contributed by atoms with E-state index in [1.807, 2.05) is 6.07 Å². The topological polar surface area (TPSA) is 12.0 Å². The molecule has 4 heteroatoms. The van der Waals surface area contributed by atoms with Crippen molar-refractivity contribution < 1.29 is 4.39 Å². The van der Waals surface area contributed by atoms with Gasteiger partial charge in [0, 0.05) is 18.5 Å². The summed E-state index contributed by atoms with van der Waals surface area (Å²) in [4.78, 5) is 0. The highest BCUT2D eigenvalue weighted by molar-refractivity contribution is 6.31. The number of hydrogen-bond donors (Lipinski definition) is 1. The predicted octanol–water partition coefficient (Wildman–Crippen LogP) is 3.98. The third-order valence-electron chi connectivity index (χ3n) is 2.44. The summed E-state index contributed by atoms with van der Waals surface area (Å²) in [5.74, 6) is 0.307. The average Bonchev–Trinajstić information content (AvgIpc) is 2.28. The summed E-state index contributed by atoms with van der Waals surface area (Å²) in [6, 6.07) is 5.22. The minimum absolute atomic E-state index is 0.208. The van der Waals surface area contributed by atoms with Gasteiger partial charge >= 0.3 is 0 Å². The fraction of sp³-hybridized carbons (Fsp3) is 0.500. The van der Waals surface area contributed by atoms with Crippen molar-refractivity contribution in [3.63, 3.8) is 0 Å². The summed E-state index contributed by atoms with van der Waals surface area (Å²) in [5.41, 5.74) is 0.791. The predicted molar refractivity (Wildman–Crippen MR) is 67.7 cm³/mol. The van der Waals surface area contributed by atoms with E-state index in [-0.39, 0.29) is 10.8 Å². The lowest BCUT2D eigenvalue weighted by Crippen LogP contribution is -2.25. The minimum Gasteiger partial charge on any atom is -0.310 e. The Kier molecular flexibility index (Phi) is 6.10. The molecule has 1 aromatic rings. The zero-order valence-corrected chi connectivity index (χ0v) is 10.8. The van der Waals surface area contributed by atoms with Crippen molar-refractivity contribution in [2.75, 3.05) is 5.88 Å². The molecule has 1 rings (SSSR count). The van der Waals surface area contributed by atoms with Crippen LogP contribution in [0.2, 0.25) is 5.02 Å². The lowest BCUT2D eigenvalue weighted by molar-refractivity contribution is 0.508. The highest BCUT2D eigenvalue weighted by atomic mass is 35.5. The zero-order chi connectivity index (χ0) is 12.0. The van der Waals surface area contributed by atoms with Gasteiger partial charge in [0.1, 0.15) is 5.82 Å². The SMILES string of the molecule is CC(CCCCl)NCc1cccc(F)c1Cl. The zero-order valence-electron chi connectivity index (χ0n) is 9.27. The van der Waals surface area contributed by atoms with E-state index >= 15 is 0 Å². The van der Waals surface area contributed by atoms with Crippen LogP contribution in [-0.2, 0) is 6.54 Å². The molecule has 0 aromatic heterocycles. The van der Waals surface area contributed by atoms with Crippen LogP contribution in [0.15, 0.2) is 18.2 Å². The van der Waals surface area contributed by atoms with Gasteiger partial charge in [0.2, 0.25) is 0 Å². The normalized spacial score (nSPS) is 12.8. The summed E-state index contributed by atoms with van der Waals surface area (Å²) in [6.45, 7) is 2.67. The second-order valence-electron chi connectivity index (χ2n) is 3.83. The molecule has 0 saturated carbocycles. The molecule has 0 aliphatic rings. The second kappa shape index (κ2) is 7.10. The Hall–Kier alpha value is -0.310. The maximum Gasteiger partial charge on any atom is 0.142 e. The third-order valence-corrected chi connectivity index (χ3v) is 3.13. The van der Waals surface area contributed by atoms with Crippen LogP contribution in [-0.4, -0.2) is 11.9 Å². The summed E-state index contributed by atoms with van der Waals surface area (Å²) in [6.07, 6.45) is 1.99. The Morgan fingerprint density at radius 3 is 2.88 bits per heavy atom. The monoisotopic (exact) mass is 263 g/mol. The van der Waals surface area contributed by atoms with Crippen molar-refractivity contribution >= 4 is 23.2 Å². The molecule has 0 bridgehead atoms. The van der Waals surface area contributed by atoms with E-state index in [4.69, 9.17) is 23.2 Å². The largest absolute Gasteiger partial charge is 0.310 e. The number of benzene rings is 1. The molecule has 0 aliphatic heterocycles. The maximum atomic E-state index is 13.1. The Morgan fingerprint density at radius 2 is 2.19 bits per heavy atom. The van der Waals surface area contributed by atoms with Gasteiger partial charge in [0.15, 0.2) is 0 Å². The van der Waals surface area contributed by atoms with Gasteiger partial charge in [-0.05, 0) is 31.4 Å². The van der Waals surface area contributed by atoms with Crippen molar-refractivity contribution in [2.24, 2.45) is 0 Å². The number of alkyl halides is 1. The molecule has 0 aliphatic carbocycles. The summed E-state index contributed by atoms with van der Waals surface area (Å²) < 4.78 is 13.1. The molecule has 0 heterocycles. The van der Waals surface area contributed by atoms with Crippen LogP contribution < -0.4 is 5.32 Å². The second-order valence-corrected chi connectivity index (χ2v) is 4.58. The van der Waals surface area contributed by atoms with Gasteiger partial charge in [-0.15, -0.1) is 11.6 Å². The van der Waals surface area contributed by atoms with Gasteiger partial charge < -0.3 is 5.32 Å². The first-order valence-electron chi connectivity index (χ1n) is 5.37. The lowest BCUT2D eigenvalue weighted by Gasteiger charge is -2.13. The van der Waals surface area contributed by atoms with Crippen LogP contribution in [0.1, 0.15) is 25.3 Å². The first-order valence-corrected chi connectivity index (χ1v) is 6.28. The maximum absolute atomic E-state index is 13.1. The Balaban J connectivity index is 2.45. The molecule has 0 saturated heterocycles. The molecule has 1 atom stereocenters. The summed E-state index contributed by atoms with van der Waals surface area (Å²) in [7, 11) is 0. The highest BCUT2D eigenvalue weighted by Crippen LogP contribution is 2.19. The first kappa shape index (κ1) is 13.8. The van der Waals surface area contributed by atoms with Crippen LogP contribution in [0, 0.1) is 5.82 Å². The van der Waals surface area contributed by atoms with Crippen LogP contribution >= 0.6 is 23.2 Å². The van der Waals surface area contributed by atoms with Gasteiger partial charge in [0.25, 0.3) is 0 Å². The van der Waals surface area contributed by atoms with Crippen LogP contribution in [0.5, 0.6) is 0 Å². The Morgan fingerprint density at radius 1 is 1.44 bits per heavy atom. The Bertz CT molecular complexity index is 331. The average molecular weight is 264 g/mol. The molecule has 0 radical (unpaired) electrons. The van der Waals surface area contributed by atoms with E-state index in [1.165, 1.54) is 6.07 Å². The molecule has 90 valence electrons. The van der Waals surface area contributed by atoms with E-state index in [9.17, 15) is 4.39 Å². The van der Waals surface area contributed by atoms with Crippen molar-refractivity contribution in [3.8, 4) is 0 Å². The van der Waals surface area contributed by atoms with Crippen LogP contribution in [0.25, 0.3) is 0 Å². The van der Waals surface area contributed by atoms with Gasteiger partial charge in [-0.1, -0.05) is 23.7 Å². The summed E-state index contributed by atoms with van der Waals surface area (Å²) in [5, 5.41) is 3.50. The van der Waals surface area contributed by atoms with Crippen molar-refractivity contribution in [1.29, 1.82) is 0 Å². The molecule has 1 N–H and O–H groups in total. The van der Waals surface area contributed by atoms with Crippen molar-refractivity contribution in [1.82, 2.24) is 5.32 Å². The van der Waals surface area contributed by atoms with Gasteiger partial charge in [-0.25, -0.2) is 4.39 Å². The van der Waals surface area contributed by atoms with E-state index in [1.54, 1.807) is 6.07 Å². The van der Waals surface area contributed by atoms with Gasteiger partial charge in [0.05, 0.1) is 5.02 Å². The molecular formula is C12H16Cl2FN. The summed E-state index contributed by atoms with van der Waals surface area (Å²) >= 11 is 11.5. The standard InChI is InChI=1S/C12H16Cl2FN/c1-9(4-3-7-13)16-8-10-5-2-6-11(15)12(10)14/h2,5-6,9,16H,3-4,7-8H2,1H3. The fourth-order valence-corrected chi connectivity index (χ4v) is 1.80. The molecule has 1 nitrogen and oxygen atoms in total. The van der Waals surface area contributed by atoms with E-state index < -0.39 is 0 Å². The molecule has 0 fully saturated rings. The lowest BCUT2D eigenvalue weighted by atomic mass is 10.1. The molecule has 1 aromatic carbocycles.